The minimum atomic E-state index is -0.298. The molecule has 2 N–H and O–H groups in total. The number of carbonyl (C=O) groups is 3. The van der Waals surface area contributed by atoms with E-state index in [-0.39, 0.29) is 30.4 Å². The molecule has 3 heterocycles. The van der Waals surface area contributed by atoms with Crippen LogP contribution in [0.2, 0.25) is 0 Å². The van der Waals surface area contributed by atoms with Crippen molar-refractivity contribution < 1.29 is 14.4 Å². The van der Waals surface area contributed by atoms with Gasteiger partial charge >= 0.3 is 6.03 Å². The summed E-state index contributed by atoms with van der Waals surface area (Å²) in [5, 5.41) is 7.75. The third-order valence-corrected chi connectivity index (χ3v) is 7.68. The van der Waals surface area contributed by atoms with Gasteiger partial charge in [0, 0.05) is 43.0 Å². The summed E-state index contributed by atoms with van der Waals surface area (Å²) in [6.07, 6.45) is 8.07. The Morgan fingerprint density at radius 1 is 1.00 bits per heavy atom. The molecule has 0 radical (unpaired) electrons. The molecule has 0 unspecified atom stereocenters. The molecular formula is C22H32N4O3S. The molecule has 0 bridgehead atoms. The molecule has 2 fully saturated rings. The lowest BCUT2D eigenvalue weighted by atomic mass is 9.87. The normalized spacial score (nSPS) is 20.5. The summed E-state index contributed by atoms with van der Waals surface area (Å²) < 4.78 is 0. The highest BCUT2D eigenvalue weighted by Gasteiger charge is 2.29. The van der Waals surface area contributed by atoms with E-state index >= 15 is 0 Å². The first-order chi connectivity index (χ1) is 14.6. The zero-order valence-corrected chi connectivity index (χ0v) is 18.3. The van der Waals surface area contributed by atoms with E-state index in [0.29, 0.717) is 32.1 Å². The smallest absolute Gasteiger partial charge is 0.315 e. The summed E-state index contributed by atoms with van der Waals surface area (Å²) in [6.45, 7) is 2.77. The van der Waals surface area contributed by atoms with Crippen LogP contribution < -0.4 is 10.6 Å². The molecule has 2 aliphatic heterocycles. The van der Waals surface area contributed by atoms with E-state index in [1.165, 1.54) is 29.7 Å². The van der Waals surface area contributed by atoms with Crippen molar-refractivity contribution in [3.8, 4) is 0 Å². The van der Waals surface area contributed by atoms with Gasteiger partial charge < -0.3 is 20.4 Å². The van der Waals surface area contributed by atoms with Gasteiger partial charge in [-0.3, -0.25) is 9.59 Å². The van der Waals surface area contributed by atoms with Crippen LogP contribution in [0.5, 0.6) is 0 Å². The summed E-state index contributed by atoms with van der Waals surface area (Å²) in [5.74, 6) is 0.464. The van der Waals surface area contributed by atoms with Crippen LogP contribution >= 0.6 is 11.3 Å². The lowest BCUT2D eigenvalue weighted by Gasteiger charge is -2.35. The van der Waals surface area contributed by atoms with Gasteiger partial charge in [0.1, 0.15) is 0 Å². The predicted molar refractivity (Wildman–Crippen MR) is 116 cm³/mol. The van der Waals surface area contributed by atoms with E-state index in [1.54, 1.807) is 11.3 Å². The van der Waals surface area contributed by atoms with Crippen molar-refractivity contribution in [2.45, 2.75) is 64.0 Å². The molecule has 1 aliphatic carbocycles. The predicted octanol–water partition coefficient (Wildman–Crippen LogP) is 2.50. The van der Waals surface area contributed by atoms with E-state index in [2.05, 4.69) is 22.1 Å². The number of urea groups is 1. The molecule has 4 amide bonds. The molecule has 1 saturated carbocycles. The second kappa shape index (κ2) is 9.81. The second-order valence-corrected chi connectivity index (χ2v) is 9.70. The monoisotopic (exact) mass is 432 g/mol. The maximum absolute atomic E-state index is 12.7. The average molecular weight is 433 g/mol. The molecule has 7 nitrogen and oxygen atoms in total. The summed E-state index contributed by atoms with van der Waals surface area (Å²) in [5.41, 5.74) is 1.22. The molecule has 30 heavy (non-hydrogen) atoms. The number of thiophene rings is 1. The van der Waals surface area contributed by atoms with E-state index in [1.807, 2.05) is 9.80 Å². The van der Waals surface area contributed by atoms with Crippen LogP contribution in [0.1, 0.15) is 55.4 Å². The van der Waals surface area contributed by atoms with Crippen molar-refractivity contribution in [1.82, 2.24) is 20.4 Å². The quantitative estimate of drug-likeness (QED) is 0.767. The zero-order valence-electron chi connectivity index (χ0n) is 17.5. The molecule has 8 heteroatoms. The van der Waals surface area contributed by atoms with Crippen molar-refractivity contribution >= 4 is 29.2 Å². The lowest BCUT2D eigenvalue weighted by Crippen LogP contribution is -2.51. The fourth-order valence-corrected chi connectivity index (χ4v) is 5.71. The topological polar surface area (TPSA) is 81.8 Å². The van der Waals surface area contributed by atoms with Crippen LogP contribution in [-0.2, 0) is 22.6 Å². The number of amides is 4. The Balaban J connectivity index is 1.15. The molecule has 0 atom stereocenters. The third kappa shape index (κ3) is 5.14. The van der Waals surface area contributed by atoms with E-state index in [0.717, 1.165) is 32.1 Å². The van der Waals surface area contributed by atoms with Gasteiger partial charge in [-0.25, -0.2) is 4.79 Å². The fourth-order valence-electron chi connectivity index (χ4n) is 4.82. The van der Waals surface area contributed by atoms with Crippen molar-refractivity contribution in [1.29, 1.82) is 0 Å². The number of hydrogen-bond donors (Lipinski definition) is 2. The highest BCUT2D eigenvalue weighted by molar-refractivity contribution is 7.10. The maximum Gasteiger partial charge on any atom is 0.315 e. The van der Waals surface area contributed by atoms with Gasteiger partial charge in [0.25, 0.3) is 0 Å². The minimum Gasteiger partial charge on any atom is -0.342 e. The van der Waals surface area contributed by atoms with Crippen LogP contribution in [0.4, 0.5) is 4.79 Å². The Morgan fingerprint density at radius 2 is 1.77 bits per heavy atom. The molecule has 3 aliphatic rings. The van der Waals surface area contributed by atoms with Gasteiger partial charge in [-0.2, -0.15) is 0 Å². The molecule has 4 rings (SSSR count). The molecule has 1 aromatic rings. The van der Waals surface area contributed by atoms with Gasteiger partial charge in [0.15, 0.2) is 0 Å². The Bertz CT molecular complexity index is 766. The maximum atomic E-state index is 12.7. The van der Waals surface area contributed by atoms with E-state index in [9.17, 15) is 14.4 Å². The van der Waals surface area contributed by atoms with Gasteiger partial charge in [-0.15, -0.1) is 11.3 Å². The van der Waals surface area contributed by atoms with Gasteiger partial charge in [0.2, 0.25) is 11.8 Å². The standard InChI is InChI=1S/C22H32N4O3S/c27-20(26-12-8-19-17(15-26)9-13-30-19)14-23-22(29)24-18-6-10-25(11-7-18)21(28)16-4-2-1-3-5-16/h9,13,16,18H,1-8,10-12,14-15H2,(H2,23,24,29). The number of nitrogens with zero attached hydrogens (tertiary/aromatic N) is 2. The van der Waals surface area contributed by atoms with Crippen LogP contribution in [0.25, 0.3) is 0 Å². The first kappa shape index (κ1) is 21.2. The van der Waals surface area contributed by atoms with Gasteiger partial charge in [-0.1, -0.05) is 19.3 Å². The molecule has 0 spiro atoms. The number of likely N-dealkylation sites (tertiary alicyclic amines) is 1. The molecule has 0 aromatic carbocycles. The summed E-state index contributed by atoms with van der Waals surface area (Å²) >= 11 is 1.74. The summed E-state index contributed by atoms with van der Waals surface area (Å²) in [4.78, 5) is 42.5. The molecule has 1 saturated heterocycles. The third-order valence-electron chi connectivity index (χ3n) is 6.66. The zero-order chi connectivity index (χ0) is 20.9. The number of fused-ring (bicyclic) bond motifs is 1. The summed E-state index contributed by atoms with van der Waals surface area (Å²) in [6, 6.07) is 1.83. The SMILES string of the molecule is O=C(NCC(=O)N1CCc2sccc2C1)NC1CCN(C(=O)C2CCCCC2)CC1. The Labute approximate surface area is 182 Å². The van der Waals surface area contributed by atoms with Crippen LogP contribution in [-0.4, -0.2) is 59.9 Å². The lowest BCUT2D eigenvalue weighted by molar-refractivity contribution is -0.137. The van der Waals surface area contributed by atoms with E-state index in [4.69, 9.17) is 0 Å². The first-order valence-electron chi connectivity index (χ1n) is 11.3. The van der Waals surface area contributed by atoms with Crippen molar-refractivity contribution in [3.63, 3.8) is 0 Å². The number of nitrogens with one attached hydrogen (secondary N) is 2. The van der Waals surface area contributed by atoms with E-state index < -0.39 is 0 Å². The van der Waals surface area contributed by atoms with Crippen LogP contribution in [0, 0.1) is 5.92 Å². The van der Waals surface area contributed by atoms with Crippen molar-refractivity contribution in [3.05, 3.63) is 21.9 Å². The highest BCUT2D eigenvalue weighted by atomic mass is 32.1. The van der Waals surface area contributed by atoms with Crippen LogP contribution in [0.15, 0.2) is 11.4 Å². The molecular weight excluding hydrogens is 400 g/mol. The van der Waals surface area contributed by atoms with Crippen molar-refractivity contribution in [2.24, 2.45) is 5.92 Å². The number of rotatable bonds is 4. The first-order valence-corrected chi connectivity index (χ1v) is 12.1. The van der Waals surface area contributed by atoms with Crippen LogP contribution in [0.3, 0.4) is 0 Å². The Kier molecular flexibility index (Phi) is 6.92. The average Bonchev–Trinajstić information content (AvgIpc) is 3.26. The number of piperidine rings is 1. The molecule has 164 valence electrons. The largest absolute Gasteiger partial charge is 0.342 e. The van der Waals surface area contributed by atoms with Gasteiger partial charge in [0.05, 0.1) is 6.54 Å². The second-order valence-electron chi connectivity index (χ2n) is 8.70. The number of hydrogen-bond acceptors (Lipinski definition) is 4. The Morgan fingerprint density at radius 3 is 2.53 bits per heavy atom. The minimum absolute atomic E-state index is 0.0182. The number of carbonyl (C=O) groups excluding carboxylic acids is 3. The van der Waals surface area contributed by atoms with Crippen molar-refractivity contribution in [2.75, 3.05) is 26.2 Å². The Hall–Kier alpha value is -2.09. The summed E-state index contributed by atoms with van der Waals surface area (Å²) in [7, 11) is 0. The molecule has 1 aromatic heterocycles. The highest BCUT2D eigenvalue weighted by Crippen LogP contribution is 2.27. The van der Waals surface area contributed by atoms with Gasteiger partial charge in [-0.05, 0) is 49.1 Å². The fraction of sp³-hybridized carbons (Fsp3) is 0.682.